The van der Waals surface area contributed by atoms with Crippen LogP contribution in [0.5, 0.6) is 5.75 Å². The van der Waals surface area contributed by atoms with Crippen molar-refractivity contribution in [1.82, 2.24) is 0 Å². The fourth-order valence-corrected chi connectivity index (χ4v) is 2.38. The highest BCUT2D eigenvalue weighted by Crippen LogP contribution is 2.27. The minimum absolute atomic E-state index is 0.0482. The van der Waals surface area contributed by atoms with Gasteiger partial charge in [0, 0.05) is 16.6 Å². The van der Waals surface area contributed by atoms with E-state index in [9.17, 15) is 14.9 Å². The van der Waals surface area contributed by atoms with Gasteiger partial charge in [-0.05, 0) is 46.6 Å². The smallest absolute Gasteiger partial charge is 0.340 e. The molecule has 2 aromatic carbocycles. The molecule has 0 aliphatic heterocycles. The third-order valence-corrected chi connectivity index (χ3v) is 3.92. The highest BCUT2D eigenvalue weighted by Gasteiger charge is 2.18. The molecule has 120 valence electrons. The van der Waals surface area contributed by atoms with Gasteiger partial charge in [0.25, 0.3) is 5.69 Å². The fraction of sp³-hybridized carbons (Fsp3) is 0.188. The predicted octanol–water partition coefficient (Wildman–Crippen LogP) is 4.28. The lowest BCUT2D eigenvalue weighted by Gasteiger charge is -2.14. The summed E-state index contributed by atoms with van der Waals surface area (Å²) in [4.78, 5) is 22.6. The number of esters is 1. The van der Waals surface area contributed by atoms with Crippen LogP contribution in [-0.4, -0.2) is 18.0 Å². The van der Waals surface area contributed by atoms with Crippen LogP contribution < -0.4 is 4.74 Å². The van der Waals surface area contributed by atoms with Crippen LogP contribution in [0.2, 0.25) is 0 Å². The molecule has 2 aromatic rings. The Kier molecular flexibility index (Phi) is 5.33. The standard InChI is InChI=1S/C16H14BrNO5/c1-10(11-4-3-5-12(8-11)18(20)21)23-16(19)14-9-13(22-2)6-7-15(14)17/h3-10H,1-2H3/t10-/m1/s1. The molecule has 0 heterocycles. The minimum atomic E-state index is -0.625. The Bertz CT molecular complexity index is 747. The van der Waals surface area contributed by atoms with Gasteiger partial charge in [0.1, 0.15) is 11.9 Å². The third kappa shape index (κ3) is 4.07. The van der Waals surface area contributed by atoms with E-state index < -0.39 is 17.0 Å². The highest BCUT2D eigenvalue weighted by atomic mass is 79.9. The molecule has 0 spiro atoms. The number of nitrogens with zero attached hydrogens (tertiary/aromatic N) is 1. The van der Waals surface area contributed by atoms with Gasteiger partial charge in [0.15, 0.2) is 0 Å². The molecule has 0 radical (unpaired) electrons. The van der Waals surface area contributed by atoms with Gasteiger partial charge >= 0.3 is 5.97 Å². The molecule has 0 aliphatic carbocycles. The van der Waals surface area contributed by atoms with Gasteiger partial charge in [-0.25, -0.2) is 4.79 Å². The van der Waals surface area contributed by atoms with Crippen molar-refractivity contribution in [3.05, 3.63) is 68.2 Å². The van der Waals surface area contributed by atoms with Gasteiger partial charge in [-0.2, -0.15) is 0 Å². The van der Waals surface area contributed by atoms with Gasteiger partial charge in [-0.15, -0.1) is 0 Å². The SMILES string of the molecule is COc1ccc(Br)c(C(=O)O[C@H](C)c2cccc([N+](=O)[O-])c2)c1. The minimum Gasteiger partial charge on any atom is -0.497 e. The number of carbonyl (C=O) groups excluding carboxylic acids is 1. The van der Waals surface area contributed by atoms with Crippen LogP contribution in [0.25, 0.3) is 0 Å². The highest BCUT2D eigenvalue weighted by molar-refractivity contribution is 9.10. The zero-order valence-corrected chi connectivity index (χ0v) is 14.1. The number of hydrogen-bond donors (Lipinski definition) is 0. The number of carbonyl (C=O) groups is 1. The number of halogens is 1. The zero-order valence-electron chi connectivity index (χ0n) is 12.5. The summed E-state index contributed by atoms with van der Waals surface area (Å²) in [7, 11) is 1.50. The Morgan fingerprint density at radius 3 is 2.65 bits per heavy atom. The van der Waals surface area contributed by atoms with E-state index in [1.54, 1.807) is 37.3 Å². The first-order valence-corrected chi connectivity index (χ1v) is 7.50. The van der Waals surface area contributed by atoms with Gasteiger partial charge < -0.3 is 9.47 Å². The molecule has 2 rings (SSSR count). The summed E-state index contributed by atoms with van der Waals surface area (Å²) in [6, 6.07) is 11.0. The lowest BCUT2D eigenvalue weighted by Crippen LogP contribution is -2.10. The maximum Gasteiger partial charge on any atom is 0.340 e. The van der Waals surface area contributed by atoms with Crippen molar-refractivity contribution in [2.45, 2.75) is 13.0 Å². The molecule has 0 aliphatic rings. The van der Waals surface area contributed by atoms with Crippen molar-refractivity contribution in [3.63, 3.8) is 0 Å². The van der Waals surface area contributed by atoms with E-state index in [0.29, 0.717) is 21.3 Å². The van der Waals surface area contributed by atoms with Crippen LogP contribution in [0.1, 0.15) is 28.9 Å². The second-order valence-electron chi connectivity index (χ2n) is 4.75. The molecule has 7 heteroatoms. The van der Waals surface area contributed by atoms with E-state index >= 15 is 0 Å². The molecule has 0 bridgehead atoms. The summed E-state index contributed by atoms with van der Waals surface area (Å²) >= 11 is 3.29. The van der Waals surface area contributed by atoms with Crippen LogP contribution in [0.4, 0.5) is 5.69 Å². The monoisotopic (exact) mass is 379 g/mol. The first-order valence-electron chi connectivity index (χ1n) is 6.71. The molecular formula is C16H14BrNO5. The van der Waals surface area contributed by atoms with Gasteiger partial charge in [-0.3, -0.25) is 10.1 Å². The molecular weight excluding hydrogens is 366 g/mol. The maximum absolute atomic E-state index is 12.3. The largest absolute Gasteiger partial charge is 0.497 e. The number of rotatable bonds is 5. The lowest BCUT2D eigenvalue weighted by atomic mass is 10.1. The van der Waals surface area contributed by atoms with Crippen molar-refractivity contribution < 1.29 is 19.2 Å². The van der Waals surface area contributed by atoms with Crippen molar-refractivity contribution >= 4 is 27.6 Å². The van der Waals surface area contributed by atoms with Crippen LogP contribution >= 0.6 is 15.9 Å². The van der Waals surface area contributed by atoms with Gasteiger partial charge in [0.2, 0.25) is 0 Å². The number of nitro groups is 1. The Hall–Kier alpha value is -2.41. The molecule has 0 aromatic heterocycles. The lowest BCUT2D eigenvalue weighted by molar-refractivity contribution is -0.385. The van der Waals surface area contributed by atoms with Crippen LogP contribution in [0.3, 0.4) is 0 Å². The summed E-state index contributed by atoms with van der Waals surface area (Å²) < 4.78 is 11.1. The van der Waals surface area contributed by atoms with E-state index in [0.717, 1.165) is 0 Å². The molecule has 0 saturated carbocycles. The second kappa shape index (κ2) is 7.23. The second-order valence-corrected chi connectivity index (χ2v) is 5.60. The molecule has 0 N–H and O–H groups in total. The summed E-state index contributed by atoms with van der Waals surface area (Å²) in [6.45, 7) is 1.66. The Morgan fingerprint density at radius 2 is 2.00 bits per heavy atom. The van der Waals surface area contributed by atoms with E-state index in [1.165, 1.54) is 19.2 Å². The molecule has 6 nitrogen and oxygen atoms in total. The average Bonchev–Trinajstić information content (AvgIpc) is 2.55. The first-order chi connectivity index (χ1) is 10.9. The average molecular weight is 380 g/mol. The van der Waals surface area contributed by atoms with Crippen molar-refractivity contribution in [1.29, 1.82) is 0 Å². The van der Waals surface area contributed by atoms with Crippen molar-refractivity contribution in [2.75, 3.05) is 7.11 Å². The van der Waals surface area contributed by atoms with Gasteiger partial charge in [-0.1, -0.05) is 12.1 Å². The predicted molar refractivity (Wildman–Crippen MR) is 87.6 cm³/mol. The number of methoxy groups -OCH3 is 1. The van der Waals surface area contributed by atoms with Crippen LogP contribution in [-0.2, 0) is 4.74 Å². The van der Waals surface area contributed by atoms with E-state index in [2.05, 4.69) is 15.9 Å². The van der Waals surface area contributed by atoms with E-state index in [-0.39, 0.29) is 5.69 Å². The molecule has 1 atom stereocenters. The summed E-state index contributed by atoms with van der Waals surface area (Å²) in [5, 5.41) is 10.8. The number of benzene rings is 2. The number of nitro benzene ring substituents is 1. The Labute approximate surface area is 141 Å². The normalized spacial score (nSPS) is 11.6. The summed E-state index contributed by atoms with van der Waals surface area (Å²) in [5.41, 5.74) is 0.821. The summed E-state index contributed by atoms with van der Waals surface area (Å²) in [5.74, 6) is -0.0158. The quantitative estimate of drug-likeness (QED) is 0.439. The zero-order chi connectivity index (χ0) is 17.0. The fourth-order valence-electron chi connectivity index (χ4n) is 1.97. The molecule has 23 heavy (non-hydrogen) atoms. The van der Waals surface area contributed by atoms with E-state index in [4.69, 9.17) is 9.47 Å². The van der Waals surface area contributed by atoms with Crippen LogP contribution in [0, 0.1) is 10.1 Å². The number of non-ortho nitro benzene ring substituents is 1. The first kappa shape index (κ1) is 17.0. The van der Waals surface area contributed by atoms with E-state index in [1.807, 2.05) is 0 Å². The molecule has 0 amide bonds. The molecule has 0 fully saturated rings. The van der Waals surface area contributed by atoms with Crippen LogP contribution in [0.15, 0.2) is 46.9 Å². The number of ether oxygens (including phenoxy) is 2. The summed E-state index contributed by atoms with van der Waals surface area (Å²) in [6.07, 6.45) is -0.625. The van der Waals surface area contributed by atoms with Crippen molar-refractivity contribution in [3.8, 4) is 5.75 Å². The maximum atomic E-state index is 12.3. The molecule has 0 unspecified atom stereocenters. The molecule has 0 saturated heterocycles. The Balaban J connectivity index is 2.20. The van der Waals surface area contributed by atoms with Gasteiger partial charge in [0.05, 0.1) is 17.6 Å². The van der Waals surface area contributed by atoms with Crippen molar-refractivity contribution in [2.24, 2.45) is 0 Å². The topological polar surface area (TPSA) is 78.7 Å². The Morgan fingerprint density at radius 1 is 1.26 bits per heavy atom. The third-order valence-electron chi connectivity index (χ3n) is 3.23. The number of hydrogen-bond acceptors (Lipinski definition) is 5.